The first-order chi connectivity index (χ1) is 7.87. The van der Waals surface area contributed by atoms with Crippen LogP contribution in [0.5, 0.6) is 0 Å². The molecular weight excluding hydrogens is 217 g/mol. The molecule has 0 amide bonds. The van der Waals surface area contributed by atoms with Crippen molar-refractivity contribution in [1.29, 1.82) is 0 Å². The zero-order chi connectivity index (χ0) is 13.1. The molecule has 0 aliphatic heterocycles. The molecule has 0 aromatic heterocycles. The van der Waals surface area contributed by atoms with E-state index in [9.17, 15) is 4.39 Å². The van der Waals surface area contributed by atoms with Crippen molar-refractivity contribution in [1.82, 2.24) is 10.3 Å². The molecule has 0 radical (unpaired) electrons. The Morgan fingerprint density at radius 3 is 2.53 bits per heavy atom. The van der Waals surface area contributed by atoms with Gasteiger partial charge in [0, 0.05) is 11.6 Å². The molecule has 0 aliphatic rings. The van der Waals surface area contributed by atoms with Gasteiger partial charge in [0.2, 0.25) is 0 Å². The predicted molar refractivity (Wildman–Crippen MR) is 69.0 cm³/mol. The fourth-order valence-corrected chi connectivity index (χ4v) is 1.72. The van der Waals surface area contributed by atoms with Crippen molar-refractivity contribution in [3.05, 3.63) is 35.6 Å². The number of hydrogen-bond acceptors (Lipinski definition) is 3. The van der Waals surface area contributed by atoms with Gasteiger partial charge in [-0.05, 0) is 52.1 Å². The topological polar surface area (TPSA) is 41.3 Å². The van der Waals surface area contributed by atoms with Gasteiger partial charge in [0.05, 0.1) is 0 Å². The molecule has 4 heteroatoms. The highest BCUT2D eigenvalue weighted by molar-refractivity contribution is 5.18. The maximum absolute atomic E-state index is 13.1. The molecule has 1 aromatic carbocycles. The summed E-state index contributed by atoms with van der Waals surface area (Å²) in [5.41, 5.74) is 3.66. The van der Waals surface area contributed by atoms with E-state index in [1.54, 1.807) is 12.1 Å². The molecular formula is C13H22FN3. The third-order valence-corrected chi connectivity index (χ3v) is 3.54. The Morgan fingerprint density at radius 1 is 1.41 bits per heavy atom. The summed E-state index contributed by atoms with van der Waals surface area (Å²) in [6.45, 7) is 4.22. The van der Waals surface area contributed by atoms with E-state index < -0.39 is 0 Å². The van der Waals surface area contributed by atoms with Crippen molar-refractivity contribution in [3.8, 4) is 0 Å². The Bertz CT molecular complexity index is 363. The van der Waals surface area contributed by atoms with Gasteiger partial charge in [0.15, 0.2) is 0 Å². The van der Waals surface area contributed by atoms with Crippen LogP contribution >= 0.6 is 0 Å². The van der Waals surface area contributed by atoms with E-state index in [0.717, 1.165) is 5.56 Å². The molecule has 3 nitrogen and oxygen atoms in total. The Kier molecular flexibility index (Phi) is 4.62. The third-order valence-electron chi connectivity index (χ3n) is 3.54. The van der Waals surface area contributed by atoms with Crippen molar-refractivity contribution in [3.63, 3.8) is 0 Å². The lowest BCUT2D eigenvalue weighted by molar-refractivity contribution is 0.137. The first-order valence-corrected chi connectivity index (χ1v) is 5.76. The van der Waals surface area contributed by atoms with Gasteiger partial charge in [-0.3, -0.25) is 11.3 Å². The molecule has 1 atom stereocenters. The minimum absolute atomic E-state index is 0.0549. The SMILES string of the molecule is CN(C)C(C)(C)C(Cc1cccc(F)c1)NN. The van der Waals surface area contributed by atoms with Crippen LogP contribution in [0, 0.1) is 5.82 Å². The van der Waals surface area contributed by atoms with Crippen molar-refractivity contribution in [2.24, 2.45) is 5.84 Å². The summed E-state index contributed by atoms with van der Waals surface area (Å²) in [6, 6.07) is 6.70. The van der Waals surface area contributed by atoms with Gasteiger partial charge in [0.25, 0.3) is 0 Å². The molecule has 0 heterocycles. The molecule has 3 N–H and O–H groups in total. The molecule has 0 saturated heterocycles. The van der Waals surface area contributed by atoms with Crippen molar-refractivity contribution in [2.45, 2.75) is 31.8 Å². The molecule has 0 saturated carbocycles. The highest BCUT2D eigenvalue weighted by atomic mass is 19.1. The predicted octanol–water partition coefficient (Wildman–Crippen LogP) is 1.54. The monoisotopic (exact) mass is 239 g/mol. The number of rotatable bonds is 5. The number of nitrogens with two attached hydrogens (primary N) is 1. The van der Waals surface area contributed by atoms with Gasteiger partial charge in [0.1, 0.15) is 5.82 Å². The quantitative estimate of drug-likeness (QED) is 0.605. The van der Waals surface area contributed by atoms with E-state index in [-0.39, 0.29) is 17.4 Å². The van der Waals surface area contributed by atoms with Gasteiger partial charge in [-0.25, -0.2) is 4.39 Å². The van der Waals surface area contributed by atoms with Crippen molar-refractivity contribution >= 4 is 0 Å². The van der Waals surface area contributed by atoms with E-state index in [0.29, 0.717) is 6.42 Å². The second-order valence-corrected chi connectivity index (χ2v) is 5.10. The zero-order valence-electron chi connectivity index (χ0n) is 11.0. The maximum Gasteiger partial charge on any atom is 0.123 e. The Balaban J connectivity index is 2.84. The molecule has 0 bridgehead atoms. The van der Waals surface area contributed by atoms with Crippen LogP contribution in [0.15, 0.2) is 24.3 Å². The number of halogens is 1. The average Bonchev–Trinajstić information content (AvgIpc) is 2.25. The normalized spacial score (nSPS) is 14.1. The molecule has 1 rings (SSSR count). The lowest BCUT2D eigenvalue weighted by Crippen LogP contribution is -2.58. The molecule has 0 spiro atoms. The first-order valence-electron chi connectivity index (χ1n) is 5.76. The Labute approximate surface area is 103 Å². The molecule has 1 unspecified atom stereocenters. The average molecular weight is 239 g/mol. The molecule has 17 heavy (non-hydrogen) atoms. The highest BCUT2D eigenvalue weighted by Crippen LogP contribution is 2.19. The standard InChI is InChI=1S/C13H22FN3/c1-13(2,17(3)4)12(16-15)9-10-6-5-7-11(14)8-10/h5-8,12,16H,9,15H2,1-4H3. The smallest absolute Gasteiger partial charge is 0.123 e. The number of likely N-dealkylation sites (N-methyl/N-ethyl adjacent to an activating group) is 1. The van der Waals surface area contributed by atoms with Crippen LogP contribution < -0.4 is 11.3 Å². The Hall–Kier alpha value is -0.970. The largest absolute Gasteiger partial charge is 0.303 e. The number of nitrogens with zero attached hydrogens (tertiary/aromatic N) is 1. The van der Waals surface area contributed by atoms with Crippen LogP contribution in [-0.4, -0.2) is 30.6 Å². The summed E-state index contributed by atoms with van der Waals surface area (Å²) >= 11 is 0. The third kappa shape index (κ3) is 3.49. The van der Waals surface area contributed by atoms with Crippen LogP contribution in [0.1, 0.15) is 19.4 Å². The van der Waals surface area contributed by atoms with Crippen LogP contribution in [-0.2, 0) is 6.42 Å². The van der Waals surface area contributed by atoms with Crippen LogP contribution in [0.25, 0.3) is 0 Å². The molecule has 96 valence electrons. The van der Waals surface area contributed by atoms with E-state index in [4.69, 9.17) is 5.84 Å². The van der Waals surface area contributed by atoms with Crippen LogP contribution in [0.2, 0.25) is 0 Å². The lowest BCUT2D eigenvalue weighted by atomic mass is 9.88. The summed E-state index contributed by atoms with van der Waals surface area (Å²) in [5.74, 6) is 5.40. The minimum Gasteiger partial charge on any atom is -0.303 e. The Morgan fingerprint density at radius 2 is 2.06 bits per heavy atom. The summed E-state index contributed by atoms with van der Waals surface area (Å²) in [4.78, 5) is 2.11. The van der Waals surface area contributed by atoms with Gasteiger partial charge in [-0.2, -0.15) is 0 Å². The number of hydrazine groups is 1. The maximum atomic E-state index is 13.1. The lowest BCUT2D eigenvalue weighted by Gasteiger charge is -2.40. The van der Waals surface area contributed by atoms with E-state index in [2.05, 4.69) is 24.2 Å². The van der Waals surface area contributed by atoms with Gasteiger partial charge >= 0.3 is 0 Å². The van der Waals surface area contributed by atoms with Crippen molar-refractivity contribution < 1.29 is 4.39 Å². The van der Waals surface area contributed by atoms with Gasteiger partial charge < -0.3 is 4.90 Å². The number of nitrogens with one attached hydrogen (secondary N) is 1. The molecule has 1 aromatic rings. The number of hydrogen-bond donors (Lipinski definition) is 2. The van der Waals surface area contributed by atoms with E-state index in [1.165, 1.54) is 6.07 Å². The second kappa shape index (κ2) is 5.58. The second-order valence-electron chi connectivity index (χ2n) is 5.10. The van der Waals surface area contributed by atoms with E-state index in [1.807, 2.05) is 20.2 Å². The number of benzene rings is 1. The van der Waals surface area contributed by atoms with E-state index >= 15 is 0 Å². The fourth-order valence-electron chi connectivity index (χ4n) is 1.72. The highest BCUT2D eigenvalue weighted by Gasteiger charge is 2.30. The summed E-state index contributed by atoms with van der Waals surface area (Å²) in [5, 5.41) is 0. The summed E-state index contributed by atoms with van der Waals surface area (Å²) < 4.78 is 13.1. The van der Waals surface area contributed by atoms with Gasteiger partial charge in [-0.15, -0.1) is 0 Å². The van der Waals surface area contributed by atoms with Gasteiger partial charge in [-0.1, -0.05) is 12.1 Å². The molecule has 0 aliphatic carbocycles. The fraction of sp³-hybridized carbons (Fsp3) is 0.538. The molecule has 0 fully saturated rings. The summed E-state index contributed by atoms with van der Waals surface area (Å²) in [7, 11) is 4.02. The van der Waals surface area contributed by atoms with Crippen LogP contribution in [0.3, 0.4) is 0 Å². The van der Waals surface area contributed by atoms with Crippen LogP contribution in [0.4, 0.5) is 4.39 Å². The van der Waals surface area contributed by atoms with Crippen molar-refractivity contribution in [2.75, 3.05) is 14.1 Å². The summed E-state index contributed by atoms with van der Waals surface area (Å²) in [6.07, 6.45) is 0.694. The zero-order valence-corrected chi connectivity index (χ0v) is 11.0. The first kappa shape index (κ1) is 14.1. The minimum atomic E-state index is -0.207.